The summed E-state index contributed by atoms with van der Waals surface area (Å²) in [4.78, 5) is 12.1. The van der Waals surface area contributed by atoms with E-state index in [9.17, 15) is 4.79 Å². The number of nitrogens with one attached hydrogen (secondary N) is 2. The van der Waals surface area contributed by atoms with Gasteiger partial charge in [-0.05, 0) is 54.3 Å². The van der Waals surface area contributed by atoms with Crippen molar-refractivity contribution in [3.63, 3.8) is 0 Å². The van der Waals surface area contributed by atoms with Crippen molar-refractivity contribution < 1.29 is 4.79 Å². The number of hydrogen-bond acceptors (Lipinski definition) is 2. The van der Waals surface area contributed by atoms with Crippen LogP contribution < -0.4 is 10.6 Å². The van der Waals surface area contributed by atoms with Gasteiger partial charge in [-0.15, -0.1) is 12.4 Å². The second-order valence-corrected chi connectivity index (χ2v) is 6.10. The molecular weight excluding hydrogens is 331 g/mol. The lowest BCUT2D eigenvalue weighted by atomic mass is 9.98. The molecule has 3 rings (SSSR count). The summed E-state index contributed by atoms with van der Waals surface area (Å²) >= 11 is 5.84. The van der Waals surface area contributed by atoms with Gasteiger partial charge in [-0.25, -0.2) is 0 Å². The first kappa shape index (κ1) is 17.8. The van der Waals surface area contributed by atoms with Crippen LogP contribution in [0.2, 0.25) is 5.02 Å². The molecule has 2 aromatic rings. The van der Waals surface area contributed by atoms with Crippen LogP contribution in [-0.4, -0.2) is 19.0 Å². The van der Waals surface area contributed by atoms with Gasteiger partial charge in [0, 0.05) is 17.3 Å². The molecule has 122 valence electrons. The predicted molar refractivity (Wildman–Crippen MR) is 97.7 cm³/mol. The van der Waals surface area contributed by atoms with Crippen molar-refractivity contribution in [2.75, 3.05) is 18.4 Å². The Morgan fingerprint density at radius 2 is 1.83 bits per heavy atom. The van der Waals surface area contributed by atoms with Crippen LogP contribution >= 0.6 is 24.0 Å². The van der Waals surface area contributed by atoms with Crippen molar-refractivity contribution in [3.05, 3.63) is 64.7 Å². The molecule has 0 saturated carbocycles. The van der Waals surface area contributed by atoms with E-state index in [1.807, 2.05) is 24.3 Å². The first-order valence-electron chi connectivity index (χ1n) is 7.56. The quantitative estimate of drug-likeness (QED) is 0.874. The maximum absolute atomic E-state index is 12.1. The number of carbonyl (C=O) groups is 1. The Kier molecular flexibility index (Phi) is 6.46. The van der Waals surface area contributed by atoms with Gasteiger partial charge in [-0.3, -0.25) is 4.79 Å². The van der Waals surface area contributed by atoms with Gasteiger partial charge in [0.15, 0.2) is 0 Å². The Balaban J connectivity index is 0.00000192. The summed E-state index contributed by atoms with van der Waals surface area (Å²) in [5.74, 6) is 0.580. The second kappa shape index (κ2) is 8.34. The minimum absolute atomic E-state index is 0. The Morgan fingerprint density at radius 3 is 2.43 bits per heavy atom. The molecule has 1 unspecified atom stereocenters. The summed E-state index contributed by atoms with van der Waals surface area (Å²) in [5.41, 5.74) is 3.13. The number of hydrogen-bond donors (Lipinski definition) is 2. The van der Waals surface area contributed by atoms with E-state index in [0.29, 0.717) is 17.4 Å². The lowest BCUT2D eigenvalue weighted by Gasteiger charge is -2.10. The zero-order chi connectivity index (χ0) is 15.4. The summed E-state index contributed by atoms with van der Waals surface area (Å²) in [6.45, 7) is 2.13. The lowest BCUT2D eigenvalue weighted by molar-refractivity contribution is -0.115. The molecule has 3 nitrogen and oxygen atoms in total. The lowest BCUT2D eigenvalue weighted by Crippen LogP contribution is -2.14. The maximum Gasteiger partial charge on any atom is 0.228 e. The number of rotatable bonds is 4. The third-order valence-corrected chi connectivity index (χ3v) is 4.26. The minimum atomic E-state index is -0.0161. The fourth-order valence-electron chi connectivity index (χ4n) is 2.77. The van der Waals surface area contributed by atoms with Crippen LogP contribution in [0.4, 0.5) is 5.69 Å². The SMILES string of the molecule is Cl.O=C(Cc1ccc(Cl)cc1)Nc1ccc(C2CCNC2)cc1. The Hall–Kier alpha value is -1.55. The van der Waals surface area contributed by atoms with Crippen molar-refractivity contribution >= 4 is 35.6 Å². The molecule has 1 aliphatic heterocycles. The molecule has 1 aliphatic rings. The summed E-state index contributed by atoms with van der Waals surface area (Å²) in [6, 6.07) is 15.5. The average molecular weight is 351 g/mol. The summed E-state index contributed by atoms with van der Waals surface area (Å²) in [5, 5.41) is 6.99. The standard InChI is InChI=1S/C18H19ClN2O.ClH/c19-16-5-1-13(2-6-16)11-18(22)21-17-7-3-14(4-8-17)15-9-10-20-12-15;/h1-8,15,20H,9-12H2,(H,21,22);1H. The fraction of sp³-hybridized carbons (Fsp3) is 0.278. The highest BCUT2D eigenvalue weighted by Gasteiger charge is 2.16. The number of carbonyl (C=O) groups excluding carboxylic acids is 1. The molecule has 1 fully saturated rings. The van der Waals surface area contributed by atoms with E-state index in [0.717, 1.165) is 24.3 Å². The van der Waals surface area contributed by atoms with Crippen molar-refractivity contribution in [2.45, 2.75) is 18.8 Å². The van der Waals surface area contributed by atoms with Gasteiger partial charge in [0.05, 0.1) is 6.42 Å². The van der Waals surface area contributed by atoms with Crippen molar-refractivity contribution in [2.24, 2.45) is 0 Å². The van der Waals surface area contributed by atoms with Crippen molar-refractivity contribution in [1.29, 1.82) is 0 Å². The molecule has 23 heavy (non-hydrogen) atoms. The third kappa shape index (κ3) is 4.96. The zero-order valence-electron chi connectivity index (χ0n) is 12.7. The normalized spacial score (nSPS) is 16.7. The molecule has 1 atom stereocenters. The van der Waals surface area contributed by atoms with E-state index in [-0.39, 0.29) is 18.3 Å². The van der Waals surface area contributed by atoms with Crippen LogP contribution in [0.15, 0.2) is 48.5 Å². The first-order chi connectivity index (χ1) is 10.7. The van der Waals surface area contributed by atoms with Gasteiger partial charge in [-0.2, -0.15) is 0 Å². The molecule has 2 aromatic carbocycles. The second-order valence-electron chi connectivity index (χ2n) is 5.66. The topological polar surface area (TPSA) is 41.1 Å². The van der Waals surface area contributed by atoms with E-state index in [1.165, 1.54) is 12.0 Å². The molecular formula is C18H20Cl2N2O. The summed E-state index contributed by atoms with van der Waals surface area (Å²) in [7, 11) is 0. The zero-order valence-corrected chi connectivity index (χ0v) is 14.3. The van der Waals surface area contributed by atoms with E-state index in [1.54, 1.807) is 12.1 Å². The molecule has 0 aromatic heterocycles. The Labute approximate surface area is 147 Å². The van der Waals surface area contributed by atoms with Gasteiger partial charge in [0.2, 0.25) is 5.91 Å². The van der Waals surface area contributed by atoms with Gasteiger partial charge in [0.25, 0.3) is 0 Å². The molecule has 1 heterocycles. The fourth-order valence-corrected chi connectivity index (χ4v) is 2.90. The molecule has 0 radical (unpaired) electrons. The van der Waals surface area contributed by atoms with Crippen LogP contribution in [0.5, 0.6) is 0 Å². The molecule has 1 saturated heterocycles. The van der Waals surface area contributed by atoms with Gasteiger partial charge >= 0.3 is 0 Å². The van der Waals surface area contributed by atoms with Crippen LogP contribution in [0.3, 0.4) is 0 Å². The highest BCUT2D eigenvalue weighted by Crippen LogP contribution is 2.23. The summed E-state index contributed by atoms with van der Waals surface area (Å²) in [6.07, 6.45) is 1.54. The van der Waals surface area contributed by atoms with E-state index >= 15 is 0 Å². The van der Waals surface area contributed by atoms with Crippen molar-refractivity contribution in [1.82, 2.24) is 5.32 Å². The van der Waals surface area contributed by atoms with Crippen LogP contribution in [0.1, 0.15) is 23.5 Å². The van der Waals surface area contributed by atoms with Gasteiger partial charge in [0.1, 0.15) is 0 Å². The molecule has 0 spiro atoms. The smallest absolute Gasteiger partial charge is 0.228 e. The average Bonchev–Trinajstić information content (AvgIpc) is 3.05. The van der Waals surface area contributed by atoms with E-state index in [2.05, 4.69) is 22.8 Å². The van der Waals surface area contributed by atoms with Crippen LogP contribution in [-0.2, 0) is 11.2 Å². The third-order valence-electron chi connectivity index (χ3n) is 4.00. The molecule has 0 aliphatic carbocycles. The highest BCUT2D eigenvalue weighted by molar-refractivity contribution is 6.30. The van der Waals surface area contributed by atoms with Crippen LogP contribution in [0, 0.1) is 0 Å². The molecule has 2 N–H and O–H groups in total. The minimum Gasteiger partial charge on any atom is -0.326 e. The Bertz CT molecular complexity index is 635. The largest absolute Gasteiger partial charge is 0.326 e. The number of benzene rings is 2. The van der Waals surface area contributed by atoms with Crippen molar-refractivity contribution in [3.8, 4) is 0 Å². The monoisotopic (exact) mass is 350 g/mol. The summed E-state index contributed by atoms with van der Waals surface area (Å²) < 4.78 is 0. The van der Waals surface area contributed by atoms with E-state index in [4.69, 9.17) is 11.6 Å². The number of anilines is 1. The first-order valence-corrected chi connectivity index (χ1v) is 7.93. The molecule has 0 bridgehead atoms. The predicted octanol–water partition coefficient (Wildman–Crippen LogP) is 4.02. The van der Waals surface area contributed by atoms with Gasteiger partial charge < -0.3 is 10.6 Å². The van der Waals surface area contributed by atoms with Crippen LogP contribution in [0.25, 0.3) is 0 Å². The number of halogens is 2. The molecule has 1 amide bonds. The van der Waals surface area contributed by atoms with E-state index < -0.39 is 0 Å². The van der Waals surface area contributed by atoms with Gasteiger partial charge in [-0.1, -0.05) is 35.9 Å². The maximum atomic E-state index is 12.1. The molecule has 5 heteroatoms. The highest BCUT2D eigenvalue weighted by atomic mass is 35.5. The number of amides is 1. The Morgan fingerprint density at radius 1 is 1.13 bits per heavy atom.